The van der Waals surface area contributed by atoms with Crippen LogP contribution in [0.5, 0.6) is 0 Å². The Morgan fingerprint density at radius 3 is 2.06 bits per heavy atom. The Balaban J connectivity index is 0.00000144. The number of pyridine rings is 1. The molecule has 0 atom stereocenters. The summed E-state index contributed by atoms with van der Waals surface area (Å²) in [6.07, 6.45) is 2.85. The molecule has 2 rings (SSSR count). The molecular formula is C11H17BCl2FNO2. The van der Waals surface area contributed by atoms with Crippen molar-refractivity contribution < 1.29 is 13.7 Å². The molecule has 1 aliphatic heterocycles. The van der Waals surface area contributed by atoms with Gasteiger partial charge in [-0.05, 0) is 33.8 Å². The average molecular weight is 296 g/mol. The van der Waals surface area contributed by atoms with E-state index in [2.05, 4.69) is 4.98 Å². The highest BCUT2D eigenvalue weighted by atomic mass is 35.5. The van der Waals surface area contributed by atoms with E-state index >= 15 is 0 Å². The molecule has 0 saturated carbocycles. The molecule has 0 aromatic carbocycles. The van der Waals surface area contributed by atoms with Crippen LogP contribution in [0.4, 0.5) is 4.39 Å². The Labute approximate surface area is 119 Å². The van der Waals surface area contributed by atoms with E-state index in [1.54, 1.807) is 0 Å². The number of nitrogens with zero attached hydrogens (tertiary/aromatic N) is 1. The summed E-state index contributed by atoms with van der Waals surface area (Å²) in [5.74, 6) is -0.353. The Morgan fingerprint density at radius 1 is 1.11 bits per heavy atom. The minimum absolute atomic E-state index is 0. The predicted molar refractivity (Wildman–Crippen MR) is 74.4 cm³/mol. The van der Waals surface area contributed by atoms with Crippen molar-refractivity contribution in [1.29, 1.82) is 0 Å². The van der Waals surface area contributed by atoms with Crippen molar-refractivity contribution in [1.82, 2.24) is 4.98 Å². The Kier molecular flexibility index (Phi) is 5.63. The predicted octanol–water partition coefficient (Wildman–Crippen LogP) is 2.36. The Bertz CT molecular complexity index is 402. The molecule has 1 aromatic rings. The molecule has 0 spiro atoms. The summed E-state index contributed by atoms with van der Waals surface area (Å²) in [6, 6.07) is 1.31. The van der Waals surface area contributed by atoms with Crippen molar-refractivity contribution in [3.8, 4) is 0 Å². The van der Waals surface area contributed by atoms with Gasteiger partial charge < -0.3 is 9.31 Å². The fraction of sp³-hybridized carbons (Fsp3) is 0.545. The smallest absolute Gasteiger partial charge is 0.399 e. The van der Waals surface area contributed by atoms with Gasteiger partial charge in [-0.3, -0.25) is 4.98 Å². The van der Waals surface area contributed by atoms with Crippen LogP contribution in [0.3, 0.4) is 0 Å². The number of aromatic nitrogens is 1. The molecule has 0 radical (unpaired) electrons. The van der Waals surface area contributed by atoms with Crippen LogP contribution in [-0.2, 0) is 9.31 Å². The summed E-state index contributed by atoms with van der Waals surface area (Å²) in [6.45, 7) is 7.73. The molecule has 1 aromatic heterocycles. The zero-order chi connectivity index (χ0) is 12.0. The van der Waals surface area contributed by atoms with Crippen molar-refractivity contribution in [2.24, 2.45) is 0 Å². The van der Waals surface area contributed by atoms with Gasteiger partial charge in [-0.25, -0.2) is 4.39 Å². The largest absolute Gasteiger partial charge is 0.499 e. The SMILES string of the molecule is CC1(C)OB(c2cnccc2F)OC1(C)C.Cl.Cl. The fourth-order valence-electron chi connectivity index (χ4n) is 1.53. The number of hydrogen-bond acceptors (Lipinski definition) is 3. The van der Waals surface area contributed by atoms with E-state index in [1.807, 2.05) is 27.7 Å². The summed E-state index contributed by atoms with van der Waals surface area (Å²) in [4.78, 5) is 3.89. The summed E-state index contributed by atoms with van der Waals surface area (Å²) < 4.78 is 25.0. The number of halogens is 3. The van der Waals surface area contributed by atoms with Gasteiger partial charge in [0, 0.05) is 17.9 Å². The van der Waals surface area contributed by atoms with Gasteiger partial charge in [0.25, 0.3) is 0 Å². The quantitative estimate of drug-likeness (QED) is 0.746. The van der Waals surface area contributed by atoms with Gasteiger partial charge in [0.1, 0.15) is 5.82 Å². The van der Waals surface area contributed by atoms with Crippen molar-refractivity contribution in [3.63, 3.8) is 0 Å². The molecule has 3 nitrogen and oxygen atoms in total. The standard InChI is InChI=1S/C11H15BFNO2.2ClH/c1-10(2)11(3,4)16-12(15-10)8-7-14-6-5-9(8)13;;/h5-7H,1-4H3;2*1H. The number of hydrogen-bond donors (Lipinski definition) is 0. The summed E-state index contributed by atoms with van der Waals surface area (Å²) in [7, 11) is -0.682. The van der Waals surface area contributed by atoms with Crippen LogP contribution in [0.1, 0.15) is 27.7 Å². The van der Waals surface area contributed by atoms with Gasteiger partial charge in [0.05, 0.1) is 11.2 Å². The molecule has 0 N–H and O–H groups in total. The van der Waals surface area contributed by atoms with E-state index in [4.69, 9.17) is 9.31 Å². The first kappa shape index (κ1) is 17.6. The van der Waals surface area contributed by atoms with Gasteiger partial charge >= 0.3 is 7.12 Å². The highest BCUT2D eigenvalue weighted by molar-refractivity contribution is 6.62. The van der Waals surface area contributed by atoms with Crippen LogP contribution in [0.2, 0.25) is 0 Å². The molecule has 0 amide bonds. The average Bonchev–Trinajstić information content (AvgIpc) is 2.36. The van der Waals surface area contributed by atoms with Crippen molar-refractivity contribution in [3.05, 3.63) is 24.3 Å². The van der Waals surface area contributed by atoms with E-state index in [-0.39, 0.29) is 30.6 Å². The topological polar surface area (TPSA) is 31.4 Å². The fourth-order valence-corrected chi connectivity index (χ4v) is 1.53. The van der Waals surface area contributed by atoms with Crippen LogP contribution in [-0.4, -0.2) is 23.3 Å². The minimum Gasteiger partial charge on any atom is -0.399 e. The molecule has 18 heavy (non-hydrogen) atoms. The third-order valence-corrected chi connectivity index (χ3v) is 3.30. The third-order valence-electron chi connectivity index (χ3n) is 3.30. The molecule has 1 fully saturated rings. The van der Waals surface area contributed by atoms with Gasteiger partial charge in [-0.15, -0.1) is 24.8 Å². The zero-order valence-electron chi connectivity index (χ0n) is 10.8. The summed E-state index contributed by atoms with van der Waals surface area (Å²) >= 11 is 0. The summed E-state index contributed by atoms with van der Waals surface area (Å²) in [5, 5.41) is 0. The molecule has 0 unspecified atom stereocenters. The van der Waals surface area contributed by atoms with Crippen LogP contribution in [0.15, 0.2) is 18.5 Å². The second kappa shape index (κ2) is 5.74. The monoisotopic (exact) mass is 295 g/mol. The maximum absolute atomic E-state index is 13.5. The second-order valence-electron chi connectivity index (χ2n) is 4.99. The minimum atomic E-state index is -0.682. The van der Waals surface area contributed by atoms with Crippen LogP contribution in [0.25, 0.3) is 0 Å². The van der Waals surface area contributed by atoms with E-state index in [9.17, 15) is 4.39 Å². The lowest BCUT2D eigenvalue weighted by Gasteiger charge is -2.32. The van der Waals surface area contributed by atoms with Crippen LogP contribution < -0.4 is 5.46 Å². The Hall–Kier alpha value is -0.355. The first-order valence-electron chi connectivity index (χ1n) is 5.28. The van der Waals surface area contributed by atoms with Gasteiger partial charge in [0.15, 0.2) is 0 Å². The van der Waals surface area contributed by atoms with Crippen LogP contribution in [0, 0.1) is 5.82 Å². The molecule has 7 heteroatoms. The summed E-state index contributed by atoms with van der Waals surface area (Å²) in [5.41, 5.74) is -0.568. The van der Waals surface area contributed by atoms with E-state index < -0.39 is 18.3 Å². The molecular weight excluding hydrogens is 279 g/mol. The molecule has 2 heterocycles. The van der Waals surface area contributed by atoms with E-state index in [0.29, 0.717) is 5.46 Å². The van der Waals surface area contributed by atoms with Gasteiger partial charge in [-0.2, -0.15) is 0 Å². The van der Waals surface area contributed by atoms with E-state index in [1.165, 1.54) is 18.5 Å². The first-order chi connectivity index (χ1) is 7.33. The van der Waals surface area contributed by atoms with Crippen LogP contribution >= 0.6 is 24.8 Å². The molecule has 1 saturated heterocycles. The van der Waals surface area contributed by atoms with Crippen molar-refractivity contribution in [2.45, 2.75) is 38.9 Å². The Morgan fingerprint density at radius 2 is 1.61 bits per heavy atom. The first-order valence-corrected chi connectivity index (χ1v) is 5.28. The lowest BCUT2D eigenvalue weighted by atomic mass is 9.80. The second-order valence-corrected chi connectivity index (χ2v) is 4.99. The maximum Gasteiger partial charge on any atom is 0.499 e. The zero-order valence-corrected chi connectivity index (χ0v) is 12.4. The normalized spacial score (nSPS) is 19.9. The van der Waals surface area contributed by atoms with Crippen molar-refractivity contribution >= 4 is 37.4 Å². The number of rotatable bonds is 1. The highest BCUT2D eigenvalue weighted by Crippen LogP contribution is 2.36. The lowest BCUT2D eigenvalue weighted by Crippen LogP contribution is -2.41. The third kappa shape index (κ3) is 2.96. The van der Waals surface area contributed by atoms with Crippen molar-refractivity contribution in [2.75, 3.05) is 0 Å². The van der Waals surface area contributed by atoms with Gasteiger partial charge in [-0.1, -0.05) is 0 Å². The maximum atomic E-state index is 13.5. The van der Waals surface area contributed by atoms with Gasteiger partial charge in [0.2, 0.25) is 0 Å². The van der Waals surface area contributed by atoms with E-state index in [0.717, 1.165) is 0 Å². The lowest BCUT2D eigenvalue weighted by molar-refractivity contribution is 0.00578. The highest BCUT2D eigenvalue weighted by Gasteiger charge is 2.52. The molecule has 0 bridgehead atoms. The molecule has 1 aliphatic rings. The molecule has 0 aliphatic carbocycles. The molecule has 102 valence electrons.